The number of hydrogen-bond acceptors (Lipinski definition) is 10. The number of esters is 2. The minimum Gasteiger partial charge on any atom is -0.466 e. The molecule has 0 aromatic rings. The molecule has 0 aliphatic carbocycles. The summed E-state index contributed by atoms with van der Waals surface area (Å²) in [5.41, 5.74) is 0. The summed E-state index contributed by atoms with van der Waals surface area (Å²) in [6, 6.07) is 0. The van der Waals surface area contributed by atoms with Gasteiger partial charge in [-0.15, -0.1) is 0 Å². The maximum absolute atomic E-state index is 11.2. The van der Waals surface area contributed by atoms with Gasteiger partial charge in [0.05, 0.1) is 13.2 Å². The van der Waals surface area contributed by atoms with Crippen molar-refractivity contribution in [3.8, 4) is 0 Å². The van der Waals surface area contributed by atoms with Gasteiger partial charge in [-0.05, 0) is 33.6 Å². The zero-order valence-electron chi connectivity index (χ0n) is 17.6. The molecular weight excluding hydrogens is 388 g/mol. The van der Waals surface area contributed by atoms with Crippen molar-refractivity contribution in [3.05, 3.63) is 0 Å². The average molecular weight is 418 g/mol. The van der Waals surface area contributed by atoms with Gasteiger partial charge in [-0.3, -0.25) is 19.2 Å². The minimum absolute atomic E-state index is 0.0315. The van der Waals surface area contributed by atoms with E-state index >= 15 is 0 Å². The van der Waals surface area contributed by atoms with Gasteiger partial charge in [0.25, 0.3) is 0 Å². The first-order valence-electron chi connectivity index (χ1n) is 9.02. The monoisotopic (exact) mass is 418 g/mol. The van der Waals surface area contributed by atoms with Gasteiger partial charge >= 0.3 is 24.2 Å². The molecule has 166 valence electrons. The van der Waals surface area contributed by atoms with Crippen LogP contribution in [0.3, 0.4) is 0 Å². The maximum atomic E-state index is 11.2. The number of Topliss-reactive ketones (excluding diaryl/α,β-unsaturated/α-hetero) is 2. The van der Waals surface area contributed by atoms with Crippen LogP contribution < -0.4 is 0 Å². The van der Waals surface area contributed by atoms with Crippen molar-refractivity contribution >= 4 is 35.8 Å². The second kappa shape index (κ2) is 27.3. The molecule has 29 heavy (non-hydrogen) atoms. The van der Waals surface area contributed by atoms with Crippen LogP contribution in [0, 0.1) is 5.92 Å². The van der Waals surface area contributed by atoms with Crippen molar-refractivity contribution in [2.24, 2.45) is 5.92 Å². The van der Waals surface area contributed by atoms with Crippen LogP contribution in [0.4, 0.5) is 0 Å². The van der Waals surface area contributed by atoms with Gasteiger partial charge < -0.3 is 9.47 Å². The molecule has 1 atom stereocenters. The Hall–Kier alpha value is -2.96. The van der Waals surface area contributed by atoms with Gasteiger partial charge in [0.15, 0.2) is 0 Å². The van der Waals surface area contributed by atoms with Crippen LogP contribution in [0.5, 0.6) is 0 Å². The van der Waals surface area contributed by atoms with E-state index in [0.717, 1.165) is 12.8 Å². The lowest BCUT2D eigenvalue weighted by Crippen LogP contribution is -2.22. The number of ketones is 2. The fraction of sp³-hybridized carbons (Fsp3) is 0.684. The Kier molecular flexibility index (Phi) is 31.6. The molecule has 0 bridgehead atoms. The summed E-state index contributed by atoms with van der Waals surface area (Å²) < 4.78 is 9.31. The average Bonchev–Trinajstić information content (AvgIpc) is 2.63. The number of rotatable bonds is 10. The normalized spacial score (nSPS) is 9.14. The molecule has 0 fully saturated rings. The molecule has 0 aromatic carbocycles. The summed E-state index contributed by atoms with van der Waals surface area (Å²) in [5.74, 6) is -1.48. The highest BCUT2D eigenvalue weighted by Gasteiger charge is 2.21. The van der Waals surface area contributed by atoms with Crippen molar-refractivity contribution in [1.82, 2.24) is 0 Å². The van der Waals surface area contributed by atoms with E-state index in [1.165, 1.54) is 0 Å². The summed E-state index contributed by atoms with van der Waals surface area (Å²) in [5, 5.41) is 0. The van der Waals surface area contributed by atoms with Gasteiger partial charge in [0.2, 0.25) is 0 Å². The quantitative estimate of drug-likeness (QED) is 0.378. The summed E-state index contributed by atoms with van der Waals surface area (Å²) >= 11 is 0. The van der Waals surface area contributed by atoms with Gasteiger partial charge in [0.1, 0.15) is 23.9 Å². The second-order valence-electron chi connectivity index (χ2n) is 5.13. The number of carbonyl (C=O) groups is 4. The van der Waals surface area contributed by atoms with Gasteiger partial charge in [0, 0.05) is 12.8 Å². The molecule has 0 heterocycles. The molecule has 0 radical (unpaired) electrons. The second-order valence-corrected chi connectivity index (χ2v) is 5.13. The smallest absolute Gasteiger partial charge is 0.373 e. The van der Waals surface area contributed by atoms with Crippen molar-refractivity contribution < 1.29 is 47.8 Å². The van der Waals surface area contributed by atoms with E-state index in [9.17, 15) is 19.2 Å². The Morgan fingerprint density at radius 2 is 1.17 bits per heavy atom. The third-order valence-electron chi connectivity index (χ3n) is 2.80. The highest BCUT2D eigenvalue weighted by molar-refractivity contribution is 5.98. The van der Waals surface area contributed by atoms with Gasteiger partial charge in [-0.2, -0.15) is 19.2 Å². The summed E-state index contributed by atoms with van der Waals surface area (Å²) in [6.45, 7) is 9.55. The Labute approximate surface area is 170 Å². The zero-order chi connectivity index (χ0) is 23.7. The van der Waals surface area contributed by atoms with Crippen LogP contribution in [-0.4, -0.2) is 49.0 Å². The van der Waals surface area contributed by atoms with E-state index in [2.05, 4.69) is 4.74 Å². The Balaban J connectivity index is -0.000000170. The van der Waals surface area contributed by atoms with Crippen molar-refractivity contribution in [1.29, 1.82) is 0 Å². The minimum atomic E-state index is -0.593. The van der Waals surface area contributed by atoms with E-state index < -0.39 is 17.9 Å². The lowest BCUT2D eigenvalue weighted by atomic mass is 10.0. The number of ether oxygens (including phenoxy) is 2. The van der Waals surface area contributed by atoms with Crippen LogP contribution >= 0.6 is 0 Å². The maximum Gasteiger partial charge on any atom is 0.373 e. The van der Waals surface area contributed by atoms with Crippen molar-refractivity contribution in [2.45, 2.75) is 66.7 Å². The first kappa shape index (κ1) is 33.6. The van der Waals surface area contributed by atoms with Crippen LogP contribution in [-0.2, 0) is 47.8 Å². The van der Waals surface area contributed by atoms with Gasteiger partial charge in [-0.25, -0.2) is 0 Å². The van der Waals surface area contributed by atoms with E-state index in [4.69, 9.17) is 23.9 Å². The topological polar surface area (TPSA) is 155 Å². The molecule has 10 nitrogen and oxygen atoms in total. The largest absolute Gasteiger partial charge is 0.466 e. The molecule has 0 aliphatic heterocycles. The van der Waals surface area contributed by atoms with Crippen LogP contribution in [0.25, 0.3) is 0 Å². The molecule has 0 amide bonds. The molecule has 0 spiro atoms. The fourth-order valence-corrected chi connectivity index (χ4v) is 1.60. The zero-order valence-corrected chi connectivity index (χ0v) is 17.6. The molecule has 0 rings (SSSR count). The SMILES string of the molecule is CCCC(=O)C(C)C(=O)OCC.CCCC(=O)CC(=O)OCC.O=C=O.O=C=O. The van der Waals surface area contributed by atoms with Gasteiger partial charge in [-0.1, -0.05) is 13.8 Å². The highest BCUT2D eigenvalue weighted by atomic mass is 16.5. The molecular formula is C19H30O10. The molecule has 0 saturated carbocycles. The van der Waals surface area contributed by atoms with Crippen LogP contribution in [0.15, 0.2) is 0 Å². The summed E-state index contributed by atoms with van der Waals surface area (Å²) in [6.07, 6.45) is 2.93. The Morgan fingerprint density at radius 1 is 0.759 bits per heavy atom. The van der Waals surface area contributed by atoms with Crippen molar-refractivity contribution in [2.75, 3.05) is 13.2 Å². The fourth-order valence-electron chi connectivity index (χ4n) is 1.60. The first-order valence-corrected chi connectivity index (χ1v) is 9.02. The predicted molar refractivity (Wildman–Crippen MR) is 96.9 cm³/mol. The molecule has 0 aliphatic rings. The molecule has 0 aromatic heterocycles. The molecule has 0 N–H and O–H groups in total. The van der Waals surface area contributed by atoms with E-state index in [1.807, 2.05) is 13.8 Å². The van der Waals surface area contributed by atoms with Crippen molar-refractivity contribution in [3.63, 3.8) is 0 Å². The lowest BCUT2D eigenvalue weighted by molar-refractivity contribution is -0.193. The Morgan fingerprint density at radius 3 is 1.52 bits per heavy atom. The summed E-state index contributed by atoms with van der Waals surface area (Å²) in [7, 11) is 0. The van der Waals surface area contributed by atoms with E-state index in [0.29, 0.717) is 26.1 Å². The third kappa shape index (κ3) is 30.0. The number of hydrogen-bond donors (Lipinski definition) is 0. The molecule has 1 unspecified atom stereocenters. The Bertz CT molecular complexity index is 481. The lowest BCUT2D eigenvalue weighted by Gasteiger charge is -2.07. The first-order chi connectivity index (χ1) is 13.7. The third-order valence-corrected chi connectivity index (χ3v) is 2.80. The molecule has 0 saturated heterocycles. The number of carbonyl (C=O) groups excluding carboxylic acids is 8. The predicted octanol–water partition coefficient (Wildman–Crippen LogP) is 1.70. The van der Waals surface area contributed by atoms with E-state index in [1.54, 1.807) is 20.8 Å². The van der Waals surface area contributed by atoms with E-state index in [-0.39, 0.29) is 30.3 Å². The molecule has 10 heteroatoms. The van der Waals surface area contributed by atoms with Crippen LogP contribution in [0.1, 0.15) is 66.7 Å². The standard InChI is InChI=1S/C9H16O3.C8H14O3.2CO2/c1-4-6-8(10)7(3)9(11)12-5-2;1-3-5-7(9)6-8(10)11-4-2;2*2-1-3/h7H,4-6H2,1-3H3;3-6H2,1-2H3;;. The van der Waals surface area contributed by atoms with Crippen LogP contribution in [0.2, 0.25) is 0 Å². The highest BCUT2D eigenvalue weighted by Crippen LogP contribution is 2.05. The summed E-state index contributed by atoms with van der Waals surface area (Å²) in [4.78, 5) is 76.2.